The molecular weight excluding hydrogens is 274 g/mol. The monoisotopic (exact) mass is 283 g/mol. The van der Waals surface area contributed by atoms with Gasteiger partial charge in [-0.3, -0.25) is 0 Å². The molecule has 2 heterocycles. The molecule has 8 nitrogen and oxygen atoms in total. The minimum atomic E-state index is 0.319. The predicted molar refractivity (Wildman–Crippen MR) is 68.5 cm³/mol. The lowest BCUT2D eigenvalue weighted by Crippen LogP contribution is -1.95. The van der Waals surface area contributed by atoms with Crippen LogP contribution in [-0.2, 0) is 11.3 Å². The van der Waals surface area contributed by atoms with Crippen LogP contribution < -0.4 is 0 Å². The second-order valence-corrected chi connectivity index (χ2v) is 4.16. The highest BCUT2D eigenvalue weighted by Crippen LogP contribution is 2.32. The van der Waals surface area contributed by atoms with Crippen molar-refractivity contribution in [2.45, 2.75) is 6.61 Å². The van der Waals surface area contributed by atoms with Crippen LogP contribution in [0.3, 0.4) is 0 Å². The Morgan fingerprint density at radius 1 is 1.10 bits per heavy atom. The van der Waals surface area contributed by atoms with E-state index in [1.165, 1.54) is 12.4 Å². The molecule has 3 rings (SSSR count). The molecule has 0 unspecified atom stereocenters. The highest BCUT2D eigenvalue weighted by Gasteiger charge is 2.17. The molecule has 21 heavy (non-hydrogen) atoms. The van der Waals surface area contributed by atoms with Gasteiger partial charge in [0.25, 0.3) is 0 Å². The summed E-state index contributed by atoms with van der Waals surface area (Å²) in [6.45, 7) is 0.319. The van der Waals surface area contributed by atoms with Gasteiger partial charge >= 0.3 is 0 Å². The van der Waals surface area contributed by atoms with Gasteiger partial charge in [0, 0.05) is 28.8 Å². The number of aromatic nitrogens is 4. The van der Waals surface area contributed by atoms with Crippen molar-refractivity contribution in [1.82, 2.24) is 20.7 Å². The number of benzene rings is 1. The summed E-state index contributed by atoms with van der Waals surface area (Å²) in [5.74, 6) is 0.865. The molecule has 8 heteroatoms. The van der Waals surface area contributed by atoms with Gasteiger partial charge in [-0.1, -0.05) is 0 Å². The Balaban J connectivity index is 2.22. The van der Waals surface area contributed by atoms with Gasteiger partial charge in [-0.05, 0) is 17.7 Å². The molecule has 0 aliphatic heterocycles. The van der Waals surface area contributed by atoms with Crippen molar-refractivity contribution in [3.8, 4) is 28.7 Å². The Morgan fingerprint density at radius 3 is 2.29 bits per heavy atom. The molecule has 0 spiro atoms. The first-order valence-electron chi connectivity index (χ1n) is 5.95. The fourth-order valence-corrected chi connectivity index (χ4v) is 2.02. The zero-order valence-electron chi connectivity index (χ0n) is 11.0. The summed E-state index contributed by atoms with van der Waals surface area (Å²) in [5.41, 5.74) is 2.49. The Hall–Kier alpha value is -3.05. The van der Waals surface area contributed by atoms with E-state index in [0.717, 1.165) is 5.56 Å². The summed E-state index contributed by atoms with van der Waals surface area (Å²) < 4.78 is 15.3. The topological polar surface area (TPSA) is 111 Å². The van der Waals surface area contributed by atoms with Crippen molar-refractivity contribution in [3.05, 3.63) is 35.7 Å². The average Bonchev–Trinajstić information content (AvgIpc) is 3.20. The normalized spacial score (nSPS) is 10.5. The van der Waals surface area contributed by atoms with Crippen molar-refractivity contribution in [2.24, 2.45) is 0 Å². The Labute approximate surface area is 118 Å². The highest BCUT2D eigenvalue weighted by atomic mass is 16.5. The summed E-state index contributed by atoms with van der Waals surface area (Å²) in [6, 6.07) is 5.58. The average molecular weight is 283 g/mol. The fraction of sp³-hybridized carbons (Fsp3) is 0.154. The molecule has 0 bridgehead atoms. The van der Waals surface area contributed by atoms with E-state index in [2.05, 4.69) is 26.8 Å². The number of nitriles is 1. The number of methoxy groups -OCH3 is 1. The molecule has 0 radical (unpaired) electrons. The van der Waals surface area contributed by atoms with Gasteiger partial charge in [0.15, 0.2) is 11.5 Å². The maximum Gasteiger partial charge on any atom is 0.188 e. The van der Waals surface area contributed by atoms with Gasteiger partial charge in [-0.15, -0.1) is 10.2 Å². The lowest BCUT2D eigenvalue weighted by Gasteiger charge is -2.09. The molecular formula is C13H9N5O3. The second kappa shape index (κ2) is 5.52. The van der Waals surface area contributed by atoms with Crippen molar-refractivity contribution in [2.75, 3.05) is 7.11 Å². The van der Waals surface area contributed by atoms with Gasteiger partial charge < -0.3 is 13.8 Å². The molecule has 104 valence electrons. The molecule has 1 aromatic carbocycles. The second-order valence-electron chi connectivity index (χ2n) is 4.16. The van der Waals surface area contributed by atoms with Crippen molar-refractivity contribution < 1.29 is 13.8 Å². The number of nitrogens with zero attached hydrogens (tertiary/aromatic N) is 5. The van der Waals surface area contributed by atoms with Crippen LogP contribution in [0, 0.1) is 11.3 Å². The largest absolute Gasteiger partial charge is 0.380 e. The first kappa shape index (κ1) is 13.0. The van der Waals surface area contributed by atoms with E-state index >= 15 is 0 Å². The minimum absolute atomic E-state index is 0.319. The van der Waals surface area contributed by atoms with Crippen LogP contribution in [0.4, 0.5) is 0 Å². The summed E-state index contributed by atoms with van der Waals surface area (Å²) in [6.07, 6.45) is 2.93. The van der Waals surface area contributed by atoms with Crippen LogP contribution in [0.1, 0.15) is 11.1 Å². The quantitative estimate of drug-likeness (QED) is 0.712. The molecule has 0 fully saturated rings. The molecule has 0 amide bonds. The van der Waals surface area contributed by atoms with Crippen molar-refractivity contribution in [3.63, 3.8) is 0 Å². The van der Waals surface area contributed by atoms with E-state index in [4.69, 9.17) is 13.8 Å². The standard InChI is InChI=1S/C13H9N5O3/c1-19-7-9-2-8(4-14)10(12-5-15-17-20-12)3-11(9)13-6-16-18-21-13/h2-3,5-6H,7H2,1H3. The molecule has 0 saturated heterocycles. The summed E-state index contributed by atoms with van der Waals surface area (Å²) >= 11 is 0. The van der Waals surface area contributed by atoms with E-state index in [1.807, 2.05) is 0 Å². The summed E-state index contributed by atoms with van der Waals surface area (Å²) in [4.78, 5) is 0. The SMILES string of the molecule is COCc1cc(C#N)c(-c2cnno2)cc1-c1cnno1. The smallest absolute Gasteiger partial charge is 0.188 e. The van der Waals surface area contributed by atoms with E-state index < -0.39 is 0 Å². The summed E-state index contributed by atoms with van der Waals surface area (Å²) in [7, 11) is 1.57. The lowest BCUT2D eigenvalue weighted by molar-refractivity contribution is 0.185. The molecule has 2 aromatic heterocycles. The first-order valence-corrected chi connectivity index (χ1v) is 5.95. The van der Waals surface area contributed by atoms with E-state index in [-0.39, 0.29) is 0 Å². The maximum absolute atomic E-state index is 9.31. The van der Waals surface area contributed by atoms with E-state index in [1.54, 1.807) is 19.2 Å². The molecule has 0 N–H and O–H groups in total. The Morgan fingerprint density at radius 2 is 1.76 bits per heavy atom. The Kier molecular flexibility index (Phi) is 3.41. The maximum atomic E-state index is 9.31. The van der Waals surface area contributed by atoms with Gasteiger partial charge in [-0.2, -0.15) is 5.26 Å². The summed E-state index contributed by atoms with van der Waals surface area (Å²) in [5, 5.41) is 23.5. The Bertz CT molecular complexity index is 775. The minimum Gasteiger partial charge on any atom is -0.380 e. The fourth-order valence-electron chi connectivity index (χ4n) is 2.02. The molecule has 0 aliphatic carbocycles. The van der Waals surface area contributed by atoms with Crippen LogP contribution in [0.25, 0.3) is 22.6 Å². The van der Waals surface area contributed by atoms with Crippen LogP contribution in [-0.4, -0.2) is 27.8 Å². The predicted octanol–water partition coefficient (Wildman–Crippen LogP) is 1.80. The number of hydrogen-bond donors (Lipinski definition) is 0. The van der Waals surface area contributed by atoms with Crippen LogP contribution in [0.15, 0.2) is 33.6 Å². The van der Waals surface area contributed by atoms with Crippen LogP contribution in [0.2, 0.25) is 0 Å². The molecule has 3 aromatic rings. The zero-order chi connectivity index (χ0) is 14.7. The van der Waals surface area contributed by atoms with Gasteiger partial charge in [0.1, 0.15) is 0 Å². The third-order valence-electron chi connectivity index (χ3n) is 2.92. The van der Waals surface area contributed by atoms with Gasteiger partial charge in [0.05, 0.1) is 30.6 Å². The number of hydrogen-bond acceptors (Lipinski definition) is 8. The van der Waals surface area contributed by atoms with Gasteiger partial charge in [-0.25, -0.2) is 0 Å². The molecule has 0 saturated carbocycles. The van der Waals surface area contributed by atoms with E-state index in [0.29, 0.717) is 34.8 Å². The van der Waals surface area contributed by atoms with Gasteiger partial charge in [0.2, 0.25) is 0 Å². The third kappa shape index (κ3) is 2.37. The molecule has 0 aliphatic rings. The van der Waals surface area contributed by atoms with E-state index in [9.17, 15) is 5.26 Å². The van der Waals surface area contributed by atoms with Crippen LogP contribution >= 0.6 is 0 Å². The lowest BCUT2D eigenvalue weighted by atomic mass is 9.97. The van der Waals surface area contributed by atoms with Crippen molar-refractivity contribution in [1.29, 1.82) is 5.26 Å². The van der Waals surface area contributed by atoms with Crippen LogP contribution in [0.5, 0.6) is 0 Å². The van der Waals surface area contributed by atoms with Crippen molar-refractivity contribution >= 4 is 0 Å². The zero-order valence-corrected chi connectivity index (χ0v) is 11.0. The number of rotatable bonds is 4. The third-order valence-corrected chi connectivity index (χ3v) is 2.92. The first-order chi connectivity index (χ1) is 10.3. The molecule has 0 atom stereocenters. The highest BCUT2D eigenvalue weighted by molar-refractivity contribution is 5.75. The number of ether oxygens (including phenoxy) is 1.